The van der Waals surface area contributed by atoms with Crippen LogP contribution in [0.25, 0.3) is 11.6 Å². The molecular weight excluding hydrogens is 380 g/mol. The summed E-state index contributed by atoms with van der Waals surface area (Å²) >= 11 is 0. The molecule has 3 aromatic carbocycles. The first kappa shape index (κ1) is 21.0. The maximum atomic E-state index is 13.6. The zero-order chi connectivity index (χ0) is 21.5. The Balaban J connectivity index is 2.14. The summed E-state index contributed by atoms with van der Waals surface area (Å²) in [5, 5.41) is 0. The van der Waals surface area contributed by atoms with Gasteiger partial charge in [-0.25, -0.2) is 0 Å². The van der Waals surface area contributed by atoms with Crippen molar-refractivity contribution in [2.75, 3.05) is 28.4 Å². The van der Waals surface area contributed by atoms with Crippen molar-refractivity contribution in [3.05, 3.63) is 83.4 Å². The van der Waals surface area contributed by atoms with Crippen molar-refractivity contribution in [2.45, 2.75) is 0 Å². The predicted molar refractivity (Wildman–Crippen MR) is 118 cm³/mol. The van der Waals surface area contributed by atoms with Crippen molar-refractivity contribution in [3.8, 4) is 23.0 Å². The van der Waals surface area contributed by atoms with Crippen LogP contribution in [-0.4, -0.2) is 34.2 Å². The van der Waals surface area contributed by atoms with Gasteiger partial charge < -0.3 is 18.9 Å². The number of Topliss-reactive ketones (excluding diaryl/α,β-unsaturated/α-hetero) is 1. The van der Waals surface area contributed by atoms with Crippen molar-refractivity contribution < 1.29 is 23.7 Å². The minimum Gasteiger partial charge on any atom is -0.497 e. The fourth-order valence-corrected chi connectivity index (χ4v) is 3.13. The lowest BCUT2D eigenvalue weighted by atomic mass is 9.94. The highest BCUT2D eigenvalue weighted by atomic mass is 16.5. The van der Waals surface area contributed by atoms with Crippen molar-refractivity contribution in [2.24, 2.45) is 0 Å². The molecule has 0 radical (unpaired) electrons. The van der Waals surface area contributed by atoms with Crippen LogP contribution in [0.3, 0.4) is 0 Å². The Morgan fingerprint density at radius 2 is 1.30 bits per heavy atom. The number of ketones is 1. The lowest BCUT2D eigenvalue weighted by molar-refractivity contribution is 0.105. The average molecular weight is 404 g/mol. The molecule has 3 aromatic rings. The van der Waals surface area contributed by atoms with Gasteiger partial charge in [-0.3, -0.25) is 4.79 Å². The molecule has 0 fully saturated rings. The minimum absolute atomic E-state index is 0.164. The summed E-state index contributed by atoms with van der Waals surface area (Å²) in [4.78, 5) is 13.6. The van der Waals surface area contributed by atoms with Gasteiger partial charge in [-0.15, -0.1) is 0 Å². The fourth-order valence-electron chi connectivity index (χ4n) is 3.13. The second-order valence-corrected chi connectivity index (χ2v) is 6.44. The first-order valence-corrected chi connectivity index (χ1v) is 9.37. The second kappa shape index (κ2) is 9.65. The molecule has 0 bridgehead atoms. The first-order valence-electron chi connectivity index (χ1n) is 9.37. The normalized spacial score (nSPS) is 11.0. The lowest BCUT2D eigenvalue weighted by Gasteiger charge is -2.15. The lowest BCUT2D eigenvalue weighted by Crippen LogP contribution is -2.05. The Morgan fingerprint density at radius 1 is 0.700 bits per heavy atom. The highest BCUT2D eigenvalue weighted by Gasteiger charge is 2.20. The van der Waals surface area contributed by atoms with Crippen molar-refractivity contribution >= 4 is 17.4 Å². The van der Waals surface area contributed by atoms with E-state index in [1.807, 2.05) is 60.7 Å². The predicted octanol–water partition coefficient (Wildman–Crippen LogP) is 5.14. The van der Waals surface area contributed by atoms with E-state index in [9.17, 15) is 4.79 Å². The number of allylic oxidation sites excluding steroid dienone is 1. The van der Waals surface area contributed by atoms with Crippen LogP contribution < -0.4 is 18.9 Å². The number of hydrogen-bond acceptors (Lipinski definition) is 5. The fraction of sp³-hybridized carbons (Fsp3) is 0.160. The molecule has 5 nitrogen and oxygen atoms in total. The van der Waals surface area contributed by atoms with E-state index >= 15 is 0 Å². The zero-order valence-electron chi connectivity index (χ0n) is 17.5. The Labute approximate surface area is 176 Å². The molecule has 0 saturated carbocycles. The number of carbonyl (C=O) groups is 1. The van der Waals surface area contributed by atoms with Crippen LogP contribution in [0.2, 0.25) is 0 Å². The average Bonchev–Trinajstić information content (AvgIpc) is 2.81. The molecule has 0 N–H and O–H groups in total. The summed E-state index contributed by atoms with van der Waals surface area (Å²) < 4.78 is 21.4. The van der Waals surface area contributed by atoms with Crippen LogP contribution in [0.15, 0.2) is 66.7 Å². The van der Waals surface area contributed by atoms with Crippen LogP contribution in [-0.2, 0) is 0 Å². The minimum atomic E-state index is -0.164. The van der Waals surface area contributed by atoms with Crippen molar-refractivity contribution in [3.63, 3.8) is 0 Å². The van der Waals surface area contributed by atoms with Crippen molar-refractivity contribution in [1.29, 1.82) is 0 Å². The Morgan fingerprint density at radius 3 is 1.80 bits per heavy atom. The van der Waals surface area contributed by atoms with Gasteiger partial charge in [-0.05, 0) is 41.5 Å². The summed E-state index contributed by atoms with van der Waals surface area (Å²) in [6.45, 7) is 0. The van der Waals surface area contributed by atoms with Crippen LogP contribution in [0.1, 0.15) is 21.5 Å². The Bertz CT molecular complexity index is 1010. The maximum absolute atomic E-state index is 13.6. The van der Waals surface area contributed by atoms with Gasteiger partial charge in [-0.2, -0.15) is 0 Å². The first-order chi connectivity index (χ1) is 14.6. The molecule has 5 heteroatoms. The molecule has 0 unspecified atom stereocenters. The smallest absolute Gasteiger partial charge is 0.203 e. The maximum Gasteiger partial charge on any atom is 0.203 e. The topological polar surface area (TPSA) is 54.0 Å². The molecule has 0 aromatic heterocycles. The van der Waals surface area contributed by atoms with Gasteiger partial charge in [0.1, 0.15) is 5.75 Å². The Kier molecular flexibility index (Phi) is 6.75. The quantitative estimate of drug-likeness (QED) is 0.295. The van der Waals surface area contributed by atoms with E-state index in [1.165, 1.54) is 21.3 Å². The van der Waals surface area contributed by atoms with Gasteiger partial charge in [0.2, 0.25) is 5.75 Å². The van der Waals surface area contributed by atoms with Gasteiger partial charge in [0.05, 0.1) is 28.4 Å². The standard InChI is InChI=1S/C25H24O5/c1-27-20-12-10-18(11-13-20)21(14-17-8-6-5-7-9-17)24(26)19-15-22(28-2)25(30-4)23(16-19)29-3/h5-16H,1-4H3. The van der Waals surface area contributed by atoms with Crippen LogP contribution >= 0.6 is 0 Å². The number of methoxy groups -OCH3 is 4. The molecule has 0 spiro atoms. The number of carbonyl (C=O) groups excluding carboxylic acids is 1. The number of ether oxygens (including phenoxy) is 4. The molecule has 0 aliphatic carbocycles. The number of hydrogen-bond donors (Lipinski definition) is 0. The molecule has 30 heavy (non-hydrogen) atoms. The van der Waals surface area contributed by atoms with Crippen LogP contribution in [0.4, 0.5) is 0 Å². The molecule has 0 aliphatic heterocycles. The largest absolute Gasteiger partial charge is 0.497 e. The van der Waals surface area contributed by atoms with Crippen LogP contribution in [0.5, 0.6) is 23.0 Å². The van der Waals surface area contributed by atoms with Crippen LogP contribution in [0, 0.1) is 0 Å². The van der Waals surface area contributed by atoms with E-state index in [0.29, 0.717) is 28.4 Å². The molecule has 154 valence electrons. The third kappa shape index (κ3) is 4.46. The summed E-state index contributed by atoms with van der Waals surface area (Å²) in [5.41, 5.74) is 2.67. The van der Waals surface area contributed by atoms with E-state index in [-0.39, 0.29) is 5.78 Å². The molecule has 0 heterocycles. The third-order valence-corrected chi connectivity index (χ3v) is 4.68. The molecule has 3 rings (SSSR count). The van der Waals surface area contributed by atoms with Gasteiger partial charge >= 0.3 is 0 Å². The summed E-state index contributed by atoms with van der Waals surface area (Å²) in [6.07, 6.45) is 1.87. The Hall–Kier alpha value is -3.73. The second-order valence-electron chi connectivity index (χ2n) is 6.44. The van der Waals surface area contributed by atoms with Gasteiger partial charge in [-0.1, -0.05) is 42.5 Å². The van der Waals surface area contributed by atoms with E-state index in [4.69, 9.17) is 18.9 Å². The van der Waals surface area contributed by atoms with Gasteiger partial charge in [0.25, 0.3) is 0 Å². The van der Waals surface area contributed by atoms with E-state index < -0.39 is 0 Å². The highest BCUT2D eigenvalue weighted by molar-refractivity contribution is 6.32. The SMILES string of the molecule is COc1ccc(C(=Cc2ccccc2)C(=O)c2cc(OC)c(OC)c(OC)c2)cc1. The molecule has 0 saturated heterocycles. The van der Waals surface area contributed by atoms with E-state index in [0.717, 1.165) is 16.9 Å². The molecule has 0 aliphatic rings. The zero-order valence-corrected chi connectivity index (χ0v) is 17.5. The van der Waals surface area contributed by atoms with Gasteiger partial charge in [0.15, 0.2) is 17.3 Å². The molecule has 0 amide bonds. The third-order valence-electron chi connectivity index (χ3n) is 4.68. The van der Waals surface area contributed by atoms with Gasteiger partial charge in [0, 0.05) is 11.1 Å². The number of rotatable bonds is 8. The van der Waals surface area contributed by atoms with Crippen molar-refractivity contribution in [1.82, 2.24) is 0 Å². The highest BCUT2D eigenvalue weighted by Crippen LogP contribution is 2.39. The number of benzene rings is 3. The summed E-state index contributed by atoms with van der Waals surface area (Å²) in [7, 11) is 6.18. The van der Waals surface area contributed by atoms with E-state index in [2.05, 4.69) is 0 Å². The van der Waals surface area contributed by atoms with E-state index in [1.54, 1.807) is 19.2 Å². The molecular formula is C25H24O5. The summed E-state index contributed by atoms with van der Waals surface area (Å²) in [5.74, 6) is 1.85. The molecule has 0 atom stereocenters. The summed E-state index contributed by atoms with van der Waals surface area (Å²) in [6, 6.07) is 20.4. The monoisotopic (exact) mass is 404 g/mol.